The number of hydrogen-bond donors (Lipinski definition) is 2. The van der Waals surface area contributed by atoms with Crippen molar-refractivity contribution in [3.63, 3.8) is 0 Å². The van der Waals surface area contributed by atoms with E-state index in [4.69, 9.17) is 9.84 Å². The van der Waals surface area contributed by atoms with Gasteiger partial charge in [-0.2, -0.15) is 0 Å². The lowest BCUT2D eigenvalue weighted by atomic mass is 10.2. The molecule has 0 unspecified atom stereocenters. The van der Waals surface area contributed by atoms with Crippen LogP contribution >= 0.6 is 12.4 Å². The summed E-state index contributed by atoms with van der Waals surface area (Å²) in [6, 6.07) is 7.60. The van der Waals surface area contributed by atoms with Crippen LogP contribution in [0, 0.1) is 0 Å². The van der Waals surface area contributed by atoms with Crippen LogP contribution in [-0.4, -0.2) is 48.6 Å². The summed E-state index contributed by atoms with van der Waals surface area (Å²) in [7, 11) is 1.72. The van der Waals surface area contributed by atoms with Gasteiger partial charge in [0, 0.05) is 13.1 Å². The number of carbonyl (C=O) groups is 2. The van der Waals surface area contributed by atoms with Crippen LogP contribution in [0.1, 0.15) is 25.3 Å². The average Bonchev–Trinajstić information content (AvgIpc) is 2.50. The molecule has 0 bridgehead atoms. The number of rotatable bonds is 10. The van der Waals surface area contributed by atoms with Crippen LogP contribution in [-0.2, 0) is 16.1 Å². The molecule has 0 heterocycles. The van der Waals surface area contributed by atoms with Crippen molar-refractivity contribution >= 4 is 24.3 Å². The van der Waals surface area contributed by atoms with Gasteiger partial charge in [-0.3, -0.25) is 14.5 Å². The maximum absolute atomic E-state index is 11.8. The van der Waals surface area contributed by atoms with E-state index in [1.807, 2.05) is 24.3 Å². The first-order valence-electron chi connectivity index (χ1n) is 7.40. The van der Waals surface area contributed by atoms with Crippen molar-refractivity contribution in [1.29, 1.82) is 0 Å². The topological polar surface area (TPSA) is 78.9 Å². The maximum atomic E-state index is 11.8. The lowest BCUT2D eigenvalue weighted by Crippen LogP contribution is -2.35. The summed E-state index contributed by atoms with van der Waals surface area (Å²) in [5.41, 5.74) is 0.991. The van der Waals surface area contributed by atoms with Crippen LogP contribution in [0.25, 0.3) is 0 Å². The molecule has 23 heavy (non-hydrogen) atoms. The lowest BCUT2D eigenvalue weighted by molar-refractivity contribution is -0.137. The van der Waals surface area contributed by atoms with Crippen LogP contribution in [0.5, 0.6) is 5.75 Å². The summed E-state index contributed by atoms with van der Waals surface area (Å²) in [5.74, 6) is -0.165. The van der Waals surface area contributed by atoms with E-state index in [-0.39, 0.29) is 31.3 Å². The molecule has 0 aliphatic rings. The van der Waals surface area contributed by atoms with Crippen LogP contribution in [0.2, 0.25) is 0 Å². The minimum atomic E-state index is -0.863. The van der Waals surface area contributed by atoms with Crippen molar-refractivity contribution in [3.8, 4) is 5.75 Å². The minimum Gasteiger partial charge on any atom is -0.494 e. The molecule has 0 fully saturated rings. The molecule has 1 rings (SSSR count). The SMILES string of the molecule is CCCOc1ccc(CNC(=O)CN(C)CCC(=O)O)cc1.Cl. The number of aliphatic carboxylic acids is 1. The van der Waals surface area contributed by atoms with Crippen molar-refractivity contribution in [3.05, 3.63) is 29.8 Å². The highest BCUT2D eigenvalue weighted by Gasteiger charge is 2.08. The second-order valence-corrected chi connectivity index (χ2v) is 5.15. The molecule has 0 aliphatic carbocycles. The zero-order chi connectivity index (χ0) is 16.4. The molecule has 130 valence electrons. The molecule has 6 nitrogen and oxygen atoms in total. The fraction of sp³-hybridized carbons (Fsp3) is 0.500. The van der Waals surface area contributed by atoms with Gasteiger partial charge in [0.1, 0.15) is 5.75 Å². The monoisotopic (exact) mass is 344 g/mol. The van der Waals surface area contributed by atoms with Gasteiger partial charge in [-0.15, -0.1) is 12.4 Å². The van der Waals surface area contributed by atoms with Crippen molar-refractivity contribution in [2.24, 2.45) is 0 Å². The number of benzene rings is 1. The van der Waals surface area contributed by atoms with E-state index in [1.165, 1.54) is 0 Å². The number of likely N-dealkylation sites (N-methyl/N-ethyl adjacent to an activating group) is 1. The van der Waals surface area contributed by atoms with Crippen LogP contribution in [0.3, 0.4) is 0 Å². The summed E-state index contributed by atoms with van der Waals surface area (Å²) >= 11 is 0. The highest BCUT2D eigenvalue weighted by molar-refractivity contribution is 5.85. The molecule has 1 aromatic carbocycles. The van der Waals surface area contributed by atoms with Crippen molar-refractivity contribution in [1.82, 2.24) is 10.2 Å². The molecule has 0 aliphatic heterocycles. The van der Waals surface area contributed by atoms with Gasteiger partial charge in [0.2, 0.25) is 5.91 Å². The van der Waals surface area contributed by atoms with Crippen LogP contribution < -0.4 is 10.1 Å². The Labute approximate surface area is 143 Å². The quantitative estimate of drug-likeness (QED) is 0.678. The summed E-state index contributed by atoms with van der Waals surface area (Å²) < 4.78 is 5.49. The minimum absolute atomic E-state index is 0. The van der Waals surface area contributed by atoms with Gasteiger partial charge in [-0.05, 0) is 31.2 Å². The summed E-state index contributed by atoms with van der Waals surface area (Å²) in [6.45, 7) is 3.73. The molecule has 0 aromatic heterocycles. The van der Waals surface area contributed by atoms with Crippen molar-refractivity contribution in [2.75, 3.05) is 26.7 Å². The highest BCUT2D eigenvalue weighted by Crippen LogP contribution is 2.12. The van der Waals surface area contributed by atoms with E-state index >= 15 is 0 Å². The molecule has 0 saturated carbocycles. The van der Waals surface area contributed by atoms with Crippen LogP contribution in [0.4, 0.5) is 0 Å². The normalized spacial score (nSPS) is 10.0. The van der Waals surface area contributed by atoms with E-state index in [1.54, 1.807) is 11.9 Å². The molecule has 1 aromatic rings. The molecular formula is C16H25ClN2O4. The molecule has 0 spiro atoms. The van der Waals surface area contributed by atoms with Gasteiger partial charge in [-0.25, -0.2) is 0 Å². The summed E-state index contributed by atoms with van der Waals surface area (Å²) in [5, 5.41) is 11.4. The molecule has 2 N–H and O–H groups in total. The molecule has 0 saturated heterocycles. The van der Waals surface area contributed by atoms with Crippen molar-refractivity contribution < 1.29 is 19.4 Å². The first-order valence-corrected chi connectivity index (χ1v) is 7.40. The van der Waals surface area contributed by atoms with Crippen molar-refractivity contribution in [2.45, 2.75) is 26.3 Å². The second kappa shape index (κ2) is 11.7. The third-order valence-corrected chi connectivity index (χ3v) is 3.01. The standard InChI is InChI=1S/C16H24N2O4.ClH/c1-3-10-22-14-6-4-13(5-7-14)11-17-15(19)12-18(2)9-8-16(20)21;/h4-7H,3,8-12H2,1-2H3,(H,17,19)(H,20,21);1H. The summed E-state index contributed by atoms with van der Waals surface area (Å²) in [6.07, 6.45) is 0.996. The van der Waals surface area contributed by atoms with E-state index in [2.05, 4.69) is 12.2 Å². The number of ether oxygens (including phenoxy) is 1. The fourth-order valence-electron chi connectivity index (χ4n) is 1.79. The van der Waals surface area contributed by atoms with Gasteiger partial charge in [-0.1, -0.05) is 19.1 Å². The summed E-state index contributed by atoms with van der Waals surface area (Å²) in [4.78, 5) is 23.9. The Morgan fingerprint density at radius 2 is 1.91 bits per heavy atom. The predicted octanol–water partition coefficient (Wildman–Crippen LogP) is 1.92. The first-order chi connectivity index (χ1) is 10.5. The fourth-order valence-corrected chi connectivity index (χ4v) is 1.79. The van der Waals surface area contributed by atoms with E-state index in [0.717, 1.165) is 17.7 Å². The number of halogens is 1. The molecule has 0 radical (unpaired) electrons. The molecule has 7 heteroatoms. The molecule has 1 amide bonds. The number of nitrogens with zero attached hydrogens (tertiary/aromatic N) is 1. The number of carboxylic acids is 1. The smallest absolute Gasteiger partial charge is 0.304 e. The Hall–Kier alpha value is -1.79. The van der Waals surface area contributed by atoms with Gasteiger partial charge in [0.15, 0.2) is 0 Å². The van der Waals surface area contributed by atoms with Crippen LogP contribution in [0.15, 0.2) is 24.3 Å². The van der Waals surface area contributed by atoms with Gasteiger partial charge < -0.3 is 15.2 Å². The Balaban J connectivity index is 0.00000484. The molecule has 0 atom stereocenters. The predicted molar refractivity (Wildman–Crippen MR) is 91.1 cm³/mol. The van der Waals surface area contributed by atoms with Gasteiger partial charge >= 0.3 is 5.97 Å². The zero-order valence-corrected chi connectivity index (χ0v) is 14.4. The number of hydrogen-bond acceptors (Lipinski definition) is 4. The van der Waals surface area contributed by atoms with Gasteiger partial charge in [0.25, 0.3) is 0 Å². The zero-order valence-electron chi connectivity index (χ0n) is 13.6. The second-order valence-electron chi connectivity index (χ2n) is 5.15. The Bertz CT molecular complexity index is 479. The Morgan fingerprint density at radius 1 is 1.26 bits per heavy atom. The third kappa shape index (κ3) is 9.76. The van der Waals surface area contributed by atoms with E-state index in [9.17, 15) is 9.59 Å². The number of carboxylic acid groups (broad SMARTS) is 1. The first kappa shape index (κ1) is 21.2. The number of carbonyl (C=O) groups excluding carboxylic acids is 1. The number of amides is 1. The lowest BCUT2D eigenvalue weighted by Gasteiger charge is -2.15. The third-order valence-electron chi connectivity index (χ3n) is 3.01. The van der Waals surface area contributed by atoms with Gasteiger partial charge in [0.05, 0.1) is 19.6 Å². The average molecular weight is 345 g/mol. The Morgan fingerprint density at radius 3 is 2.48 bits per heavy atom. The highest BCUT2D eigenvalue weighted by atomic mass is 35.5. The van der Waals surface area contributed by atoms with E-state index < -0.39 is 5.97 Å². The largest absolute Gasteiger partial charge is 0.494 e. The number of nitrogens with one attached hydrogen (secondary N) is 1. The Kier molecular flexibility index (Phi) is 10.8. The maximum Gasteiger partial charge on any atom is 0.304 e. The molecular weight excluding hydrogens is 320 g/mol. The van der Waals surface area contributed by atoms with E-state index in [0.29, 0.717) is 19.7 Å².